The van der Waals surface area contributed by atoms with Gasteiger partial charge in [0.05, 0.1) is 16.8 Å². The zero-order valence-corrected chi connectivity index (χ0v) is 12.3. The lowest BCUT2D eigenvalue weighted by Gasteiger charge is -2.13. The predicted octanol–water partition coefficient (Wildman–Crippen LogP) is 4.07. The van der Waals surface area contributed by atoms with Gasteiger partial charge in [-0.15, -0.1) is 11.6 Å². The quantitative estimate of drug-likeness (QED) is 0.820. The number of benzene rings is 1. The lowest BCUT2D eigenvalue weighted by Crippen LogP contribution is -2.13. The summed E-state index contributed by atoms with van der Waals surface area (Å²) in [6.45, 7) is 2.37. The van der Waals surface area contributed by atoms with Gasteiger partial charge in [-0.1, -0.05) is 11.6 Å². The first kappa shape index (κ1) is 14.6. The molecule has 0 fully saturated rings. The number of ether oxygens (including phenoxy) is 1. The summed E-state index contributed by atoms with van der Waals surface area (Å²) in [7, 11) is 0. The van der Waals surface area contributed by atoms with Gasteiger partial charge in [-0.3, -0.25) is 4.79 Å². The molecule has 6 heteroatoms. The Balaban J connectivity index is 2.98. The molecule has 1 N–H and O–H groups in total. The molecule has 0 atom stereocenters. The number of hydrogen-bond donors (Lipinski definition) is 1. The van der Waals surface area contributed by atoms with Crippen molar-refractivity contribution in [1.82, 2.24) is 0 Å². The van der Waals surface area contributed by atoms with Crippen molar-refractivity contribution >= 4 is 50.7 Å². The number of alkyl halides is 1. The van der Waals surface area contributed by atoms with Gasteiger partial charge in [0.1, 0.15) is 0 Å². The van der Waals surface area contributed by atoms with E-state index in [1.807, 2.05) is 6.92 Å². The highest BCUT2D eigenvalue weighted by Gasteiger charge is 2.12. The number of anilines is 1. The summed E-state index contributed by atoms with van der Waals surface area (Å²) in [5.41, 5.74) is 0.543. The van der Waals surface area contributed by atoms with Gasteiger partial charge in [-0.2, -0.15) is 0 Å². The van der Waals surface area contributed by atoms with Crippen LogP contribution < -0.4 is 10.1 Å². The average Bonchev–Trinajstić information content (AvgIpc) is 2.23. The molecule has 0 aliphatic carbocycles. The number of amides is 1. The first-order valence-electron chi connectivity index (χ1n) is 5.06. The summed E-state index contributed by atoms with van der Waals surface area (Å²) in [6, 6.07) is 3.35. The van der Waals surface area contributed by atoms with Gasteiger partial charge in [0.15, 0.2) is 5.75 Å². The zero-order valence-electron chi connectivity index (χ0n) is 9.23. The molecule has 0 heterocycles. The maximum atomic E-state index is 11.5. The van der Waals surface area contributed by atoms with Gasteiger partial charge >= 0.3 is 0 Å². The molecule has 1 aromatic carbocycles. The van der Waals surface area contributed by atoms with Crippen molar-refractivity contribution in [2.75, 3.05) is 17.8 Å². The minimum absolute atomic E-state index is 0.171. The fourth-order valence-electron chi connectivity index (χ4n) is 1.24. The Bertz CT molecular complexity index is 413. The van der Waals surface area contributed by atoms with Crippen LogP contribution in [0.2, 0.25) is 5.02 Å². The molecule has 1 aromatic rings. The predicted molar refractivity (Wildman–Crippen MR) is 74.3 cm³/mol. The lowest BCUT2D eigenvalue weighted by atomic mass is 10.2. The van der Waals surface area contributed by atoms with Crippen LogP contribution in [-0.4, -0.2) is 18.4 Å². The van der Waals surface area contributed by atoms with E-state index in [1.165, 1.54) is 0 Å². The van der Waals surface area contributed by atoms with Gasteiger partial charge in [0.2, 0.25) is 5.91 Å². The van der Waals surface area contributed by atoms with Crippen molar-refractivity contribution in [1.29, 1.82) is 0 Å². The summed E-state index contributed by atoms with van der Waals surface area (Å²) in [6.07, 6.45) is 0.247. The molecule has 1 amide bonds. The standard InChI is InChI=1S/C11H12BrCl2NO2/c1-2-17-11-8(12)5-7(14)6-9(11)15-10(16)3-4-13/h5-6H,2-4H2,1H3,(H,15,16). The van der Waals surface area contributed by atoms with Crippen molar-refractivity contribution < 1.29 is 9.53 Å². The lowest BCUT2D eigenvalue weighted by molar-refractivity contribution is -0.115. The maximum absolute atomic E-state index is 11.5. The molecule has 17 heavy (non-hydrogen) atoms. The van der Waals surface area contributed by atoms with Crippen LogP contribution in [0.5, 0.6) is 5.75 Å². The molecule has 0 aromatic heterocycles. The SMILES string of the molecule is CCOc1c(Br)cc(Cl)cc1NC(=O)CCCl. The van der Waals surface area contributed by atoms with Gasteiger partial charge in [0.25, 0.3) is 0 Å². The largest absolute Gasteiger partial charge is 0.491 e. The minimum Gasteiger partial charge on any atom is -0.491 e. The Morgan fingerprint density at radius 2 is 2.24 bits per heavy atom. The third kappa shape index (κ3) is 4.37. The molecule has 1 rings (SSSR count). The molecule has 0 spiro atoms. The van der Waals surface area contributed by atoms with E-state index in [4.69, 9.17) is 27.9 Å². The number of nitrogens with one attached hydrogen (secondary N) is 1. The third-order valence-corrected chi connectivity index (χ3v) is 2.89. The van der Waals surface area contributed by atoms with Crippen LogP contribution in [-0.2, 0) is 4.79 Å². The van der Waals surface area contributed by atoms with Gasteiger partial charge < -0.3 is 10.1 Å². The Hall–Kier alpha value is -0.450. The van der Waals surface area contributed by atoms with E-state index in [2.05, 4.69) is 21.2 Å². The molecule has 0 unspecified atom stereocenters. The summed E-state index contributed by atoms with van der Waals surface area (Å²) >= 11 is 14.8. The number of halogens is 3. The van der Waals surface area contributed by atoms with E-state index < -0.39 is 0 Å². The molecule has 0 saturated carbocycles. The minimum atomic E-state index is -0.171. The van der Waals surface area contributed by atoms with Crippen molar-refractivity contribution in [2.45, 2.75) is 13.3 Å². The molecular weight excluding hydrogens is 329 g/mol. The maximum Gasteiger partial charge on any atom is 0.225 e. The van der Waals surface area contributed by atoms with Gasteiger partial charge in [-0.25, -0.2) is 0 Å². The monoisotopic (exact) mass is 339 g/mol. The average molecular weight is 341 g/mol. The van der Waals surface area contributed by atoms with Crippen LogP contribution in [0.1, 0.15) is 13.3 Å². The molecule has 0 aliphatic rings. The topological polar surface area (TPSA) is 38.3 Å². The Kier molecular flexibility index (Phi) is 6.09. The second-order valence-electron chi connectivity index (χ2n) is 3.18. The number of carbonyl (C=O) groups is 1. The van der Waals surface area contributed by atoms with Gasteiger partial charge in [0, 0.05) is 17.3 Å². The second kappa shape index (κ2) is 7.09. The Morgan fingerprint density at radius 3 is 2.82 bits per heavy atom. The number of rotatable bonds is 5. The van der Waals surface area contributed by atoms with Crippen LogP contribution in [0.3, 0.4) is 0 Å². The van der Waals surface area contributed by atoms with Gasteiger partial charge in [-0.05, 0) is 35.0 Å². The summed E-state index contributed by atoms with van der Waals surface area (Å²) in [5.74, 6) is 0.673. The van der Waals surface area contributed by atoms with Crippen molar-refractivity contribution in [3.8, 4) is 5.75 Å². The molecule has 0 saturated heterocycles. The van der Waals surface area contributed by atoms with Crippen molar-refractivity contribution in [3.05, 3.63) is 21.6 Å². The highest BCUT2D eigenvalue weighted by molar-refractivity contribution is 9.10. The summed E-state index contributed by atoms with van der Waals surface area (Å²) in [4.78, 5) is 11.5. The molecule has 0 aliphatic heterocycles. The van der Waals surface area contributed by atoms with Crippen molar-refractivity contribution in [3.63, 3.8) is 0 Å². The van der Waals surface area contributed by atoms with E-state index in [1.54, 1.807) is 12.1 Å². The molecule has 0 bridgehead atoms. The smallest absolute Gasteiger partial charge is 0.225 e. The first-order valence-corrected chi connectivity index (χ1v) is 6.76. The van der Waals surface area contributed by atoms with E-state index in [-0.39, 0.29) is 18.2 Å². The third-order valence-electron chi connectivity index (χ3n) is 1.89. The second-order valence-corrected chi connectivity index (χ2v) is 4.85. The van der Waals surface area contributed by atoms with E-state index in [0.717, 1.165) is 0 Å². The molecule has 3 nitrogen and oxygen atoms in total. The Labute approximate surface area is 119 Å². The van der Waals surface area contributed by atoms with Crippen LogP contribution in [0.15, 0.2) is 16.6 Å². The Morgan fingerprint density at radius 1 is 1.53 bits per heavy atom. The number of carbonyl (C=O) groups excluding carboxylic acids is 1. The van der Waals surface area contributed by atoms with Crippen LogP contribution in [0.25, 0.3) is 0 Å². The zero-order chi connectivity index (χ0) is 12.8. The number of hydrogen-bond acceptors (Lipinski definition) is 2. The van der Waals surface area contributed by atoms with E-state index in [0.29, 0.717) is 27.5 Å². The fourth-order valence-corrected chi connectivity index (χ4v) is 2.34. The van der Waals surface area contributed by atoms with Crippen LogP contribution in [0.4, 0.5) is 5.69 Å². The van der Waals surface area contributed by atoms with E-state index >= 15 is 0 Å². The highest BCUT2D eigenvalue weighted by atomic mass is 79.9. The summed E-state index contributed by atoms with van der Waals surface area (Å²) in [5, 5.41) is 3.23. The highest BCUT2D eigenvalue weighted by Crippen LogP contribution is 2.36. The van der Waals surface area contributed by atoms with Crippen molar-refractivity contribution in [2.24, 2.45) is 0 Å². The van der Waals surface area contributed by atoms with E-state index in [9.17, 15) is 4.79 Å². The summed E-state index contributed by atoms with van der Waals surface area (Å²) < 4.78 is 6.15. The normalized spacial score (nSPS) is 10.1. The molecule has 0 radical (unpaired) electrons. The first-order chi connectivity index (χ1) is 8.08. The fraction of sp³-hybridized carbons (Fsp3) is 0.364. The molecular formula is C11H12BrCl2NO2. The van der Waals surface area contributed by atoms with Crippen LogP contribution in [0, 0.1) is 0 Å². The van der Waals surface area contributed by atoms with Crippen LogP contribution >= 0.6 is 39.1 Å². The molecule has 94 valence electrons.